The van der Waals surface area contributed by atoms with Crippen LogP contribution in [0.4, 0.5) is 17.1 Å². The van der Waals surface area contributed by atoms with E-state index < -0.39 is 0 Å². The molecule has 0 saturated carbocycles. The first kappa shape index (κ1) is 31.6. The summed E-state index contributed by atoms with van der Waals surface area (Å²) in [4.78, 5) is 2.39. The first-order valence-electron chi connectivity index (χ1n) is 18.7. The molecule has 3 heteroatoms. The summed E-state index contributed by atoms with van der Waals surface area (Å²) in [7, 11) is 0. The minimum atomic E-state index is 0.877. The molecule has 2 heterocycles. The fourth-order valence-corrected chi connectivity index (χ4v) is 9.51. The largest absolute Gasteiger partial charge is 0.456 e. The van der Waals surface area contributed by atoms with Gasteiger partial charge in [0.05, 0.1) is 11.1 Å². The van der Waals surface area contributed by atoms with E-state index in [4.69, 9.17) is 4.42 Å². The van der Waals surface area contributed by atoms with Gasteiger partial charge in [-0.2, -0.15) is 0 Å². The zero-order chi connectivity index (χ0) is 36.3. The highest BCUT2D eigenvalue weighted by atomic mass is 32.1. The van der Waals surface area contributed by atoms with E-state index in [9.17, 15) is 0 Å². The molecule has 0 aliphatic rings. The summed E-state index contributed by atoms with van der Waals surface area (Å²) in [6.45, 7) is 0. The number of rotatable bonds is 6. The second kappa shape index (κ2) is 12.9. The zero-order valence-corrected chi connectivity index (χ0v) is 30.6. The SMILES string of the molecule is c1ccc(-c2ccc(N(c3ccc(-c4cccc(-c5ccccc5)c4)cc3)c3cccc4oc5ccc6c(sc7ccc8ccccc8c76)c5c34)cc2)cc1. The van der Waals surface area contributed by atoms with Crippen molar-refractivity contribution >= 4 is 81.3 Å². The fourth-order valence-electron chi connectivity index (χ4n) is 8.25. The van der Waals surface area contributed by atoms with E-state index in [0.29, 0.717) is 0 Å². The molecular weight excluding hydrogens is 687 g/mol. The number of hydrogen-bond acceptors (Lipinski definition) is 3. The lowest BCUT2D eigenvalue weighted by molar-refractivity contribution is 0.669. The Morgan fingerprint density at radius 1 is 0.364 bits per heavy atom. The molecule has 0 atom stereocenters. The van der Waals surface area contributed by atoms with Gasteiger partial charge in [0.2, 0.25) is 0 Å². The van der Waals surface area contributed by atoms with E-state index in [0.717, 1.165) is 39.0 Å². The Balaban J connectivity index is 1.11. The Hall–Kier alpha value is -6.94. The molecule has 0 unspecified atom stereocenters. The fraction of sp³-hybridized carbons (Fsp3) is 0. The Bertz CT molecular complexity index is 3180. The average Bonchev–Trinajstić information content (AvgIpc) is 3.84. The first-order chi connectivity index (χ1) is 27.3. The average molecular weight is 720 g/mol. The molecular formula is C52H33NOS. The second-order valence-electron chi connectivity index (χ2n) is 14.1. The van der Waals surface area contributed by atoms with Crippen LogP contribution in [0.15, 0.2) is 205 Å². The normalized spacial score (nSPS) is 11.6. The zero-order valence-electron chi connectivity index (χ0n) is 29.8. The maximum atomic E-state index is 6.69. The van der Waals surface area contributed by atoms with Crippen molar-refractivity contribution < 1.29 is 4.42 Å². The third-order valence-electron chi connectivity index (χ3n) is 10.9. The number of anilines is 3. The molecule has 0 spiro atoms. The van der Waals surface area contributed by atoms with Crippen molar-refractivity contribution in [2.75, 3.05) is 4.90 Å². The number of nitrogens with zero attached hydrogens (tertiary/aromatic N) is 1. The van der Waals surface area contributed by atoms with Crippen molar-refractivity contribution in [3.05, 3.63) is 200 Å². The van der Waals surface area contributed by atoms with E-state index in [2.05, 4.69) is 205 Å². The monoisotopic (exact) mass is 719 g/mol. The van der Waals surface area contributed by atoms with Crippen molar-refractivity contribution in [3.8, 4) is 33.4 Å². The van der Waals surface area contributed by atoms with Gasteiger partial charge in [0.25, 0.3) is 0 Å². The van der Waals surface area contributed by atoms with Gasteiger partial charge in [-0.3, -0.25) is 0 Å². The highest BCUT2D eigenvalue weighted by Gasteiger charge is 2.22. The predicted octanol–water partition coefficient (Wildman–Crippen LogP) is 15.6. The van der Waals surface area contributed by atoms with Crippen LogP contribution >= 0.6 is 11.3 Å². The summed E-state index contributed by atoms with van der Waals surface area (Å²) >= 11 is 1.86. The van der Waals surface area contributed by atoms with Crippen LogP contribution in [0.5, 0.6) is 0 Å². The molecule has 2 nitrogen and oxygen atoms in total. The van der Waals surface area contributed by atoms with Crippen molar-refractivity contribution in [1.29, 1.82) is 0 Å². The topological polar surface area (TPSA) is 16.4 Å². The number of thiophene rings is 1. The molecule has 0 aliphatic heterocycles. The van der Waals surface area contributed by atoms with Crippen LogP contribution in [-0.2, 0) is 0 Å². The lowest BCUT2D eigenvalue weighted by Crippen LogP contribution is -2.10. The van der Waals surface area contributed by atoms with E-state index >= 15 is 0 Å². The number of hydrogen-bond donors (Lipinski definition) is 0. The standard InChI is InChI=1S/C52H33NOS/c1-3-11-34(12-4-1)36-21-26-41(27-22-36)53(42-28-23-37(24-29-42)40-17-9-16-39(33-40)35-13-5-2-6-14-35)45-19-10-20-46-50(45)51-47(54-46)31-30-44-49-43-18-8-7-15-38(43)25-32-48(49)55-52(44)51/h1-33H. The van der Waals surface area contributed by atoms with E-state index in [1.165, 1.54) is 64.3 Å². The molecule has 258 valence electrons. The molecule has 9 aromatic carbocycles. The molecule has 0 saturated heterocycles. The first-order valence-corrected chi connectivity index (χ1v) is 19.5. The quantitative estimate of drug-likeness (QED) is 0.170. The van der Waals surface area contributed by atoms with E-state index in [1.54, 1.807) is 0 Å². The van der Waals surface area contributed by atoms with Crippen LogP contribution in [0.3, 0.4) is 0 Å². The van der Waals surface area contributed by atoms with Gasteiger partial charge in [0.1, 0.15) is 11.2 Å². The van der Waals surface area contributed by atoms with Crippen LogP contribution < -0.4 is 4.90 Å². The van der Waals surface area contributed by atoms with Crippen LogP contribution in [0.2, 0.25) is 0 Å². The maximum Gasteiger partial charge on any atom is 0.137 e. The highest BCUT2D eigenvalue weighted by molar-refractivity contribution is 7.27. The molecule has 0 aliphatic carbocycles. The minimum Gasteiger partial charge on any atom is -0.456 e. The summed E-state index contributed by atoms with van der Waals surface area (Å²) in [5.41, 5.74) is 12.2. The van der Waals surface area contributed by atoms with Gasteiger partial charge < -0.3 is 9.32 Å². The molecule has 11 aromatic rings. The van der Waals surface area contributed by atoms with Crippen molar-refractivity contribution in [3.63, 3.8) is 0 Å². The van der Waals surface area contributed by atoms with Gasteiger partial charge in [-0.25, -0.2) is 0 Å². The second-order valence-corrected chi connectivity index (χ2v) is 15.1. The number of furan rings is 1. The van der Waals surface area contributed by atoms with Crippen molar-refractivity contribution in [2.45, 2.75) is 0 Å². The Kier molecular flexibility index (Phi) is 7.39. The van der Waals surface area contributed by atoms with Gasteiger partial charge >= 0.3 is 0 Å². The van der Waals surface area contributed by atoms with Crippen molar-refractivity contribution in [1.82, 2.24) is 0 Å². The van der Waals surface area contributed by atoms with Gasteiger partial charge in [-0.15, -0.1) is 11.3 Å². The van der Waals surface area contributed by atoms with E-state index in [1.807, 2.05) is 11.3 Å². The van der Waals surface area contributed by atoms with Gasteiger partial charge in [0, 0.05) is 36.9 Å². The molecule has 2 aromatic heterocycles. The summed E-state index contributed by atoms with van der Waals surface area (Å²) < 4.78 is 9.23. The lowest BCUT2D eigenvalue weighted by Gasteiger charge is -2.26. The summed E-state index contributed by atoms with van der Waals surface area (Å²) in [5.74, 6) is 0. The summed E-state index contributed by atoms with van der Waals surface area (Å²) in [6, 6.07) is 71.9. The molecule has 11 rings (SSSR count). The minimum absolute atomic E-state index is 0.877. The molecule has 0 amide bonds. The summed E-state index contributed by atoms with van der Waals surface area (Å²) in [5, 5.41) is 7.40. The molecule has 0 fully saturated rings. The van der Waals surface area contributed by atoms with Gasteiger partial charge in [-0.1, -0.05) is 140 Å². The van der Waals surface area contributed by atoms with Crippen LogP contribution in [-0.4, -0.2) is 0 Å². The van der Waals surface area contributed by atoms with Crippen LogP contribution in [0, 0.1) is 0 Å². The third kappa shape index (κ3) is 5.32. The molecule has 55 heavy (non-hydrogen) atoms. The molecule has 0 radical (unpaired) electrons. The third-order valence-corrected chi connectivity index (χ3v) is 12.1. The number of fused-ring (bicyclic) bond motifs is 9. The smallest absolute Gasteiger partial charge is 0.137 e. The predicted molar refractivity (Wildman–Crippen MR) is 235 cm³/mol. The van der Waals surface area contributed by atoms with Crippen LogP contribution in [0.25, 0.3) is 86.3 Å². The lowest BCUT2D eigenvalue weighted by atomic mass is 9.98. The highest BCUT2D eigenvalue weighted by Crippen LogP contribution is 2.49. The number of benzene rings is 9. The van der Waals surface area contributed by atoms with Crippen LogP contribution in [0.1, 0.15) is 0 Å². The van der Waals surface area contributed by atoms with E-state index in [-0.39, 0.29) is 0 Å². The maximum absolute atomic E-state index is 6.69. The van der Waals surface area contributed by atoms with Crippen molar-refractivity contribution in [2.24, 2.45) is 0 Å². The van der Waals surface area contributed by atoms with Gasteiger partial charge in [0.15, 0.2) is 0 Å². The summed E-state index contributed by atoms with van der Waals surface area (Å²) in [6.07, 6.45) is 0. The Labute approximate surface area is 322 Å². The Morgan fingerprint density at radius 2 is 0.927 bits per heavy atom. The molecule has 0 N–H and O–H groups in total. The molecule has 0 bridgehead atoms. The Morgan fingerprint density at radius 3 is 1.64 bits per heavy atom. The van der Waals surface area contributed by atoms with Gasteiger partial charge in [-0.05, 0) is 105 Å².